The first kappa shape index (κ1) is 12.5. The first-order valence-corrected chi connectivity index (χ1v) is 4.50. The van der Waals surface area contributed by atoms with Crippen LogP contribution in [0.1, 0.15) is 18.9 Å². The maximum Gasteiger partial charge on any atom is 0.328 e. The van der Waals surface area contributed by atoms with Crippen molar-refractivity contribution in [2.24, 2.45) is 5.73 Å². The van der Waals surface area contributed by atoms with Crippen molar-refractivity contribution in [1.29, 1.82) is 0 Å². The summed E-state index contributed by atoms with van der Waals surface area (Å²) in [7, 11) is 0. The van der Waals surface area contributed by atoms with Crippen LogP contribution in [0.2, 0.25) is 0 Å². The quantitative estimate of drug-likeness (QED) is 0.782. The van der Waals surface area contributed by atoms with Crippen LogP contribution >= 0.6 is 0 Å². The molecule has 0 amide bonds. The van der Waals surface area contributed by atoms with Gasteiger partial charge in [-0.15, -0.1) is 0 Å². The van der Waals surface area contributed by atoms with Gasteiger partial charge in [-0.05, 0) is 12.5 Å². The fourth-order valence-electron chi connectivity index (χ4n) is 1.32. The van der Waals surface area contributed by atoms with Crippen LogP contribution in [-0.4, -0.2) is 11.1 Å². The lowest BCUT2D eigenvalue weighted by Crippen LogP contribution is -2.45. The van der Waals surface area contributed by atoms with Crippen LogP contribution in [0.5, 0.6) is 0 Å². The van der Waals surface area contributed by atoms with Crippen LogP contribution in [0.4, 0.5) is 13.2 Å². The number of nitrogens with two attached hydrogens (primary N) is 1. The van der Waals surface area contributed by atoms with Gasteiger partial charge in [0.1, 0.15) is 11.4 Å². The predicted molar refractivity (Wildman–Crippen MR) is 50.1 cm³/mol. The van der Waals surface area contributed by atoms with Crippen LogP contribution in [-0.2, 0) is 10.3 Å². The fraction of sp³-hybridized carbons (Fsp3) is 0.300. The predicted octanol–water partition coefficient (Wildman–Crippen LogP) is 1.75. The summed E-state index contributed by atoms with van der Waals surface area (Å²) in [5.74, 6) is -5.39. The van der Waals surface area contributed by atoms with Gasteiger partial charge in [0, 0.05) is 11.6 Å². The highest BCUT2D eigenvalue weighted by atomic mass is 19.2. The van der Waals surface area contributed by atoms with E-state index in [4.69, 9.17) is 10.8 Å². The molecule has 1 unspecified atom stereocenters. The van der Waals surface area contributed by atoms with E-state index in [2.05, 4.69) is 0 Å². The smallest absolute Gasteiger partial charge is 0.328 e. The van der Waals surface area contributed by atoms with Crippen LogP contribution < -0.4 is 5.73 Å². The molecule has 1 rings (SSSR count). The molecule has 0 aliphatic carbocycles. The van der Waals surface area contributed by atoms with Gasteiger partial charge in [0.05, 0.1) is 0 Å². The number of aliphatic carboxylic acids is 1. The summed E-state index contributed by atoms with van der Waals surface area (Å²) >= 11 is 0. The van der Waals surface area contributed by atoms with Crippen LogP contribution in [0.15, 0.2) is 12.1 Å². The standard InChI is InChI=1S/C10H10F3NO2/c1-2-10(14,9(15)16)5-3-7(12)8(13)4-6(5)11/h3-4H,2,14H2,1H3,(H,15,16). The van der Waals surface area contributed by atoms with Crippen molar-refractivity contribution in [3.05, 3.63) is 35.1 Å². The number of hydrogen-bond donors (Lipinski definition) is 2. The van der Waals surface area contributed by atoms with Crippen molar-refractivity contribution in [3.8, 4) is 0 Å². The van der Waals surface area contributed by atoms with E-state index in [0.717, 1.165) is 0 Å². The second-order valence-electron chi connectivity index (χ2n) is 3.38. The summed E-state index contributed by atoms with van der Waals surface area (Å²) in [6.07, 6.45) is -0.148. The number of hydrogen-bond acceptors (Lipinski definition) is 2. The molecule has 6 heteroatoms. The Morgan fingerprint density at radius 3 is 2.25 bits per heavy atom. The molecule has 16 heavy (non-hydrogen) atoms. The third-order valence-corrected chi connectivity index (χ3v) is 2.43. The van der Waals surface area contributed by atoms with Crippen molar-refractivity contribution in [1.82, 2.24) is 0 Å². The molecule has 0 heterocycles. The van der Waals surface area contributed by atoms with Gasteiger partial charge in [-0.3, -0.25) is 0 Å². The van der Waals surface area contributed by atoms with E-state index in [9.17, 15) is 18.0 Å². The summed E-state index contributed by atoms with van der Waals surface area (Å²) in [4.78, 5) is 10.9. The molecule has 1 atom stereocenters. The zero-order valence-corrected chi connectivity index (χ0v) is 8.43. The monoisotopic (exact) mass is 233 g/mol. The number of carboxylic acid groups (broad SMARTS) is 1. The number of carboxylic acids is 1. The van der Waals surface area contributed by atoms with Crippen molar-refractivity contribution in [2.45, 2.75) is 18.9 Å². The Labute approximate surface area is 89.7 Å². The van der Waals surface area contributed by atoms with Gasteiger partial charge >= 0.3 is 5.97 Å². The molecule has 1 aromatic rings. The van der Waals surface area contributed by atoms with Crippen molar-refractivity contribution in [3.63, 3.8) is 0 Å². The molecule has 3 N–H and O–H groups in total. The molecule has 3 nitrogen and oxygen atoms in total. The maximum atomic E-state index is 13.3. The van der Waals surface area contributed by atoms with Gasteiger partial charge in [0.25, 0.3) is 0 Å². The van der Waals surface area contributed by atoms with E-state index in [0.29, 0.717) is 6.07 Å². The van der Waals surface area contributed by atoms with Gasteiger partial charge in [-0.2, -0.15) is 0 Å². The van der Waals surface area contributed by atoms with Crippen molar-refractivity contribution >= 4 is 5.97 Å². The van der Waals surface area contributed by atoms with Gasteiger partial charge in [-0.25, -0.2) is 18.0 Å². The van der Waals surface area contributed by atoms with Crippen LogP contribution in [0.3, 0.4) is 0 Å². The minimum atomic E-state index is -2.06. The Kier molecular flexibility index (Phi) is 3.23. The summed E-state index contributed by atoms with van der Waals surface area (Å²) in [5, 5.41) is 8.86. The van der Waals surface area contributed by atoms with Gasteiger partial charge < -0.3 is 10.8 Å². The molecule has 0 radical (unpaired) electrons. The molecule has 0 spiro atoms. The van der Waals surface area contributed by atoms with Gasteiger partial charge in [0.2, 0.25) is 0 Å². The molecule has 88 valence electrons. The molecule has 0 aromatic heterocycles. The Bertz CT molecular complexity index is 436. The minimum Gasteiger partial charge on any atom is -0.480 e. The maximum absolute atomic E-state index is 13.3. The average molecular weight is 233 g/mol. The lowest BCUT2D eigenvalue weighted by atomic mass is 9.88. The minimum absolute atomic E-state index is 0.148. The van der Waals surface area contributed by atoms with E-state index < -0.39 is 34.5 Å². The molecule has 0 aliphatic rings. The van der Waals surface area contributed by atoms with Crippen LogP contribution in [0, 0.1) is 17.5 Å². The highest BCUT2D eigenvalue weighted by Gasteiger charge is 2.37. The zero-order valence-electron chi connectivity index (χ0n) is 8.43. The normalized spacial score (nSPS) is 14.6. The molecule has 0 aliphatic heterocycles. The zero-order chi connectivity index (χ0) is 12.5. The number of benzene rings is 1. The van der Waals surface area contributed by atoms with Crippen molar-refractivity contribution in [2.75, 3.05) is 0 Å². The first-order valence-electron chi connectivity index (χ1n) is 4.50. The molecule has 1 aromatic carbocycles. The van der Waals surface area contributed by atoms with Gasteiger partial charge in [-0.1, -0.05) is 6.92 Å². The summed E-state index contributed by atoms with van der Waals surface area (Å²) in [5.41, 5.74) is 2.83. The summed E-state index contributed by atoms with van der Waals surface area (Å²) < 4.78 is 38.9. The molecular weight excluding hydrogens is 223 g/mol. The highest BCUT2D eigenvalue weighted by Crippen LogP contribution is 2.27. The topological polar surface area (TPSA) is 63.3 Å². The average Bonchev–Trinajstić information content (AvgIpc) is 2.22. The second kappa shape index (κ2) is 4.13. The summed E-state index contributed by atoms with van der Waals surface area (Å²) in [6.45, 7) is 1.41. The van der Waals surface area contributed by atoms with E-state index in [-0.39, 0.29) is 12.5 Å². The Morgan fingerprint density at radius 2 is 1.81 bits per heavy atom. The fourth-order valence-corrected chi connectivity index (χ4v) is 1.32. The highest BCUT2D eigenvalue weighted by molar-refractivity contribution is 5.80. The lowest BCUT2D eigenvalue weighted by molar-refractivity contribution is -0.144. The number of carbonyl (C=O) groups is 1. The Morgan fingerprint density at radius 1 is 1.31 bits per heavy atom. The number of halogens is 3. The third kappa shape index (κ3) is 1.88. The van der Waals surface area contributed by atoms with E-state index >= 15 is 0 Å². The van der Waals surface area contributed by atoms with Gasteiger partial charge in [0.15, 0.2) is 11.6 Å². The third-order valence-electron chi connectivity index (χ3n) is 2.43. The molecule has 0 bridgehead atoms. The van der Waals surface area contributed by atoms with E-state index in [1.54, 1.807) is 0 Å². The number of rotatable bonds is 3. The lowest BCUT2D eigenvalue weighted by Gasteiger charge is -2.24. The second-order valence-corrected chi connectivity index (χ2v) is 3.38. The molecule has 0 saturated carbocycles. The Balaban J connectivity index is 3.42. The van der Waals surface area contributed by atoms with Crippen LogP contribution in [0.25, 0.3) is 0 Å². The molecular formula is C10H10F3NO2. The van der Waals surface area contributed by atoms with E-state index in [1.165, 1.54) is 6.92 Å². The van der Waals surface area contributed by atoms with E-state index in [1.807, 2.05) is 0 Å². The molecule has 0 fully saturated rings. The SMILES string of the molecule is CCC(N)(C(=O)O)c1cc(F)c(F)cc1F. The largest absolute Gasteiger partial charge is 0.480 e. The first-order chi connectivity index (χ1) is 7.32. The molecule has 0 saturated heterocycles. The van der Waals surface area contributed by atoms with Crippen molar-refractivity contribution < 1.29 is 23.1 Å². The Hall–Kier alpha value is -1.56. The summed E-state index contributed by atoms with van der Waals surface area (Å²) in [6, 6.07) is 0.757.